The van der Waals surface area contributed by atoms with Gasteiger partial charge in [0.2, 0.25) is 0 Å². The molecule has 0 aliphatic carbocycles. The number of nitrogens with zero attached hydrogens (tertiary/aromatic N) is 1. The first kappa shape index (κ1) is 55.6. The summed E-state index contributed by atoms with van der Waals surface area (Å²) in [5.41, 5.74) is 0. The van der Waals surface area contributed by atoms with Gasteiger partial charge in [-0.15, -0.1) is 0 Å². The molecule has 1 aliphatic rings. The largest absolute Gasteiger partial charge is 0.756 e. The zero-order valence-corrected chi connectivity index (χ0v) is 39.1. The molecule has 4 atom stereocenters. The Morgan fingerprint density at radius 3 is 1.66 bits per heavy atom. The molecule has 10 nitrogen and oxygen atoms in total. The standard InChI is InChI=1S/C50H80NO9P/c1-6-8-10-12-14-16-17-18-19-20-21-22-23-24-25-27-29-31-37-41-50(53)59-46(45-58-61(54,55)57-43-42-51(3,4)5)44-56-49(52)40-36-33-32-35-39-48-47(60-48)38-34-30-28-26-15-13-11-9-7-2/h8,10,14-16,18-19,21-22,24-26,29-32,34-35,46-48H,6-7,9,11-13,17,20,23,27-28,33,36-45H2,1-5H3/b10-8-,16-14-,19-18-,22-21-,25-24-,26-15-,31-29-,34-30-,35-32-/t46-,47?,48?/m1/s1. The number of esters is 2. The number of phosphoric acid groups is 1. The van der Waals surface area contributed by atoms with Crippen LogP contribution in [0, 0.1) is 0 Å². The van der Waals surface area contributed by atoms with Crippen LogP contribution in [0.1, 0.15) is 129 Å². The van der Waals surface area contributed by atoms with Crippen LogP contribution in [0.5, 0.6) is 0 Å². The average molecular weight is 870 g/mol. The van der Waals surface area contributed by atoms with Crippen LogP contribution in [0.3, 0.4) is 0 Å². The molecule has 0 radical (unpaired) electrons. The second-order valence-electron chi connectivity index (χ2n) is 16.1. The highest BCUT2D eigenvalue weighted by Gasteiger charge is 2.36. The molecule has 344 valence electrons. The van der Waals surface area contributed by atoms with Gasteiger partial charge in [-0.2, -0.15) is 0 Å². The minimum atomic E-state index is -4.67. The molecule has 61 heavy (non-hydrogen) atoms. The molecule has 0 amide bonds. The number of allylic oxidation sites excluding steroid dienone is 16. The van der Waals surface area contributed by atoms with E-state index in [2.05, 4.69) is 105 Å². The maximum Gasteiger partial charge on any atom is 0.306 e. The molecule has 0 aromatic carbocycles. The van der Waals surface area contributed by atoms with Crippen molar-refractivity contribution in [2.75, 3.05) is 47.5 Å². The van der Waals surface area contributed by atoms with Crippen molar-refractivity contribution in [2.24, 2.45) is 0 Å². The SMILES string of the molecule is CC/C=C\C/C=C\C/C=C\C/C=C\C/C=C\C/C=C\CCC(=O)O[C@H](COC(=O)CCC/C=C\CC1OC1C/C=C\C/C=C\CCCCC)COP(=O)([O-])OCC[N+](C)(C)C. The van der Waals surface area contributed by atoms with Crippen LogP contribution < -0.4 is 4.89 Å². The van der Waals surface area contributed by atoms with E-state index in [4.69, 9.17) is 23.3 Å². The first-order chi connectivity index (χ1) is 29.5. The van der Waals surface area contributed by atoms with Crippen molar-refractivity contribution in [3.63, 3.8) is 0 Å². The molecule has 1 rings (SSSR count). The van der Waals surface area contributed by atoms with E-state index in [-0.39, 0.29) is 38.3 Å². The predicted molar refractivity (Wildman–Crippen MR) is 249 cm³/mol. The number of phosphoric ester groups is 1. The molecule has 1 saturated heterocycles. The van der Waals surface area contributed by atoms with Crippen LogP contribution in [-0.2, 0) is 37.4 Å². The van der Waals surface area contributed by atoms with Crippen LogP contribution in [0.25, 0.3) is 0 Å². The second-order valence-corrected chi connectivity index (χ2v) is 17.5. The third kappa shape index (κ3) is 38.1. The summed E-state index contributed by atoms with van der Waals surface area (Å²) in [6.45, 7) is 3.88. The Morgan fingerprint density at radius 1 is 0.607 bits per heavy atom. The third-order valence-corrected chi connectivity index (χ3v) is 10.2. The normalized spacial score (nSPS) is 17.9. The van der Waals surface area contributed by atoms with Crippen LogP contribution in [0.4, 0.5) is 0 Å². The van der Waals surface area contributed by atoms with Gasteiger partial charge in [0.25, 0.3) is 7.82 Å². The topological polar surface area (TPSA) is 124 Å². The number of unbranched alkanes of at least 4 members (excludes halogenated alkanes) is 4. The van der Waals surface area contributed by atoms with Gasteiger partial charge in [-0.3, -0.25) is 14.2 Å². The van der Waals surface area contributed by atoms with E-state index in [0.717, 1.165) is 64.2 Å². The minimum absolute atomic E-state index is 0.0624. The lowest BCUT2D eigenvalue weighted by Gasteiger charge is -2.28. The van der Waals surface area contributed by atoms with Crippen molar-refractivity contribution in [1.29, 1.82) is 0 Å². The van der Waals surface area contributed by atoms with Gasteiger partial charge < -0.3 is 32.6 Å². The fraction of sp³-hybridized carbons (Fsp3) is 0.600. The van der Waals surface area contributed by atoms with E-state index in [0.29, 0.717) is 30.3 Å². The molecular formula is C50H80NO9P. The van der Waals surface area contributed by atoms with Gasteiger partial charge in [0.1, 0.15) is 19.8 Å². The number of carbonyl (C=O) groups excluding carboxylic acids is 2. The lowest BCUT2D eigenvalue weighted by Crippen LogP contribution is -2.37. The van der Waals surface area contributed by atoms with Crippen molar-refractivity contribution in [1.82, 2.24) is 0 Å². The lowest BCUT2D eigenvalue weighted by molar-refractivity contribution is -0.870. The maximum absolute atomic E-state index is 12.7. The van der Waals surface area contributed by atoms with Gasteiger partial charge in [0.05, 0.1) is 40.0 Å². The molecule has 1 fully saturated rings. The first-order valence-electron chi connectivity index (χ1n) is 22.7. The molecule has 0 saturated carbocycles. The van der Waals surface area contributed by atoms with E-state index in [1.807, 2.05) is 39.4 Å². The number of ether oxygens (including phenoxy) is 3. The maximum atomic E-state index is 12.7. The third-order valence-electron chi connectivity index (χ3n) is 9.19. The Balaban J connectivity index is 2.39. The fourth-order valence-corrected chi connectivity index (χ4v) is 6.26. The Hall–Kier alpha value is -3.37. The number of quaternary nitrogens is 1. The highest BCUT2D eigenvalue weighted by molar-refractivity contribution is 7.45. The highest BCUT2D eigenvalue weighted by Crippen LogP contribution is 2.38. The van der Waals surface area contributed by atoms with E-state index in [9.17, 15) is 19.0 Å². The summed E-state index contributed by atoms with van der Waals surface area (Å²) in [4.78, 5) is 37.6. The summed E-state index contributed by atoms with van der Waals surface area (Å²) in [6, 6.07) is 0. The molecule has 0 aromatic heterocycles. The lowest BCUT2D eigenvalue weighted by atomic mass is 10.1. The molecule has 11 heteroatoms. The van der Waals surface area contributed by atoms with Gasteiger partial charge in [-0.1, -0.05) is 136 Å². The smallest absolute Gasteiger partial charge is 0.306 e. The summed E-state index contributed by atoms with van der Waals surface area (Å²) in [5.74, 6) is -1.02. The number of rotatable bonds is 38. The van der Waals surface area contributed by atoms with Crippen molar-refractivity contribution in [3.8, 4) is 0 Å². The van der Waals surface area contributed by atoms with Crippen LogP contribution in [0.2, 0.25) is 0 Å². The Bertz CT molecular complexity index is 1470. The molecule has 3 unspecified atom stereocenters. The van der Waals surface area contributed by atoms with Crippen molar-refractivity contribution >= 4 is 19.8 Å². The summed E-state index contributed by atoms with van der Waals surface area (Å²) in [6.07, 6.45) is 53.1. The fourth-order valence-electron chi connectivity index (χ4n) is 5.54. The molecule has 0 aromatic rings. The predicted octanol–water partition coefficient (Wildman–Crippen LogP) is 11.5. The Morgan fingerprint density at radius 2 is 1.10 bits per heavy atom. The van der Waals surface area contributed by atoms with Crippen molar-refractivity contribution < 1.29 is 46.8 Å². The molecule has 0 bridgehead atoms. The van der Waals surface area contributed by atoms with Crippen molar-refractivity contribution in [3.05, 3.63) is 109 Å². The molecule has 1 heterocycles. The molecule has 0 N–H and O–H groups in total. The van der Waals surface area contributed by atoms with E-state index in [1.165, 1.54) is 19.3 Å². The van der Waals surface area contributed by atoms with Crippen LogP contribution in [0.15, 0.2) is 109 Å². The highest BCUT2D eigenvalue weighted by atomic mass is 31.2. The second kappa shape index (κ2) is 37.2. The van der Waals surface area contributed by atoms with E-state index < -0.39 is 32.5 Å². The van der Waals surface area contributed by atoms with Gasteiger partial charge in [-0.25, -0.2) is 0 Å². The quantitative estimate of drug-likeness (QED) is 0.0149. The zero-order valence-electron chi connectivity index (χ0n) is 38.2. The van der Waals surface area contributed by atoms with E-state index in [1.54, 1.807) is 0 Å². The van der Waals surface area contributed by atoms with Gasteiger partial charge >= 0.3 is 11.9 Å². The first-order valence-corrected chi connectivity index (χ1v) is 24.2. The van der Waals surface area contributed by atoms with Gasteiger partial charge in [0.15, 0.2) is 6.10 Å². The summed E-state index contributed by atoms with van der Waals surface area (Å²) >= 11 is 0. The number of likely N-dealkylation sites (N-methyl/N-ethyl adjacent to an activating group) is 1. The number of epoxide rings is 1. The molecule has 1 aliphatic heterocycles. The van der Waals surface area contributed by atoms with Gasteiger partial charge in [0, 0.05) is 12.8 Å². The number of hydrogen-bond acceptors (Lipinski definition) is 9. The monoisotopic (exact) mass is 870 g/mol. The summed E-state index contributed by atoms with van der Waals surface area (Å²) in [5, 5.41) is 0. The zero-order chi connectivity index (χ0) is 44.7. The minimum Gasteiger partial charge on any atom is -0.756 e. The molecular weight excluding hydrogens is 790 g/mol. The Labute approximate surface area is 370 Å². The van der Waals surface area contributed by atoms with E-state index >= 15 is 0 Å². The Kier molecular flexibility index (Phi) is 33.9. The number of carbonyl (C=O) groups is 2. The average Bonchev–Trinajstić information content (AvgIpc) is 3.97. The summed E-state index contributed by atoms with van der Waals surface area (Å²) in [7, 11) is 1.06. The number of hydrogen-bond donors (Lipinski definition) is 0. The molecule has 0 spiro atoms. The van der Waals surface area contributed by atoms with Crippen LogP contribution in [-0.4, -0.2) is 82.2 Å². The summed E-state index contributed by atoms with van der Waals surface area (Å²) < 4.78 is 39.5. The van der Waals surface area contributed by atoms with Gasteiger partial charge in [-0.05, 0) is 89.9 Å². The van der Waals surface area contributed by atoms with Crippen molar-refractivity contribution in [2.45, 2.75) is 148 Å². The van der Waals surface area contributed by atoms with Crippen LogP contribution >= 0.6 is 7.82 Å².